The summed E-state index contributed by atoms with van der Waals surface area (Å²) in [5.41, 5.74) is 5.29. The Kier molecular flexibility index (Phi) is 6.85. The van der Waals surface area contributed by atoms with Crippen LogP contribution in [0, 0.1) is 5.82 Å². The van der Waals surface area contributed by atoms with Gasteiger partial charge in [-0.05, 0) is 42.0 Å². The SMILES string of the molecule is NC(=O)c1c(-c2ccc(NS(=O)(=O)Cc3ccc(F)cc3)cc2)n[nH]c1Nc1cccc(C(F)(F)F)n1. The summed E-state index contributed by atoms with van der Waals surface area (Å²) in [7, 11) is -3.81. The molecule has 14 heteroatoms. The van der Waals surface area contributed by atoms with E-state index in [1.54, 1.807) is 0 Å². The molecule has 5 N–H and O–H groups in total. The maximum absolute atomic E-state index is 13.0. The molecule has 0 radical (unpaired) electrons. The molecular formula is C23H18F4N6O3S. The molecule has 192 valence electrons. The first-order valence-electron chi connectivity index (χ1n) is 10.5. The lowest BCUT2D eigenvalue weighted by molar-refractivity contribution is -0.141. The van der Waals surface area contributed by atoms with Gasteiger partial charge in [-0.3, -0.25) is 14.6 Å². The molecular weight excluding hydrogens is 516 g/mol. The molecule has 2 aromatic heterocycles. The van der Waals surface area contributed by atoms with Crippen LogP contribution in [0.25, 0.3) is 11.3 Å². The fraction of sp³-hybridized carbons (Fsp3) is 0.0870. The summed E-state index contributed by atoms with van der Waals surface area (Å²) in [4.78, 5) is 15.6. The first-order valence-corrected chi connectivity index (χ1v) is 12.1. The molecule has 0 aliphatic heterocycles. The number of anilines is 3. The van der Waals surface area contributed by atoms with Crippen molar-refractivity contribution in [2.45, 2.75) is 11.9 Å². The first kappa shape index (κ1) is 25.6. The largest absolute Gasteiger partial charge is 0.433 e. The highest BCUT2D eigenvalue weighted by Crippen LogP contribution is 2.31. The van der Waals surface area contributed by atoms with E-state index >= 15 is 0 Å². The quantitative estimate of drug-likeness (QED) is 0.247. The van der Waals surface area contributed by atoms with E-state index in [0.717, 1.165) is 24.3 Å². The summed E-state index contributed by atoms with van der Waals surface area (Å²) in [6.07, 6.45) is -4.66. The maximum Gasteiger partial charge on any atom is 0.433 e. The average molecular weight is 534 g/mol. The van der Waals surface area contributed by atoms with E-state index in [1.165, 1.54) is 42.5 Å². The summed E-state index contributed by atoms with van der Waals surface area (Å²) in [6.45, 7) is 0. The van der Waals surface area contributed by atoms with Crippen molar-refractivity contribution < 1.29 is 30.8 Å². The Labute approximate surface area is 207 Å². The van der Waals surface area contributed by atoms with Gasteiger partial charge in [-0.15, -0.1) is 0 Å². The van der Waals surface area contributed by atoms with Crippen molar-refractivity contribution in [2.24, 2.45) is 5.73 Å². The minimum Gasteiger partial charge on any atom is -0.365 e. The Morgan fingerprint density at radius 2 is 1.68 bits per heavy atom. The van der Waals surface area contributed by atoms with Crippen molar-refractivity contribution in [3.05, 3.63) is 89.4 Å². The van der Waals surface area contributed by atoms with Crippen LogP contribution in [0.15, 0.2) is 66.7 Å². The van der Waals surface area contributed by atoms with Gasteiger partial charge in [0.15, 0.2) is 0 Å². The second kappa shape index (κ2) is 9.89. The second-order valence-corrected chi connectivity index (χ2v) is 9.50. The number of alkyl halides is 3. The van der Waals surface area contributed by atoms with Crippen LogP contribution < -0.4 is 15.8 Å². The smallest absolute Gasteiger partial charge is 0.365 e. The maximum atomic E-state index is 13.0. The van der Waals surface area contributed by atoms with Gasteiger partial charge in [-0.2, -0.15) is 18.3 Å². The van der Waals surface area contributed by atoms with Gasteiger partial charge in [-0.25, -0.2) is 17.8 Å². The number of amides is 1. The third-order valence-corrected chi connectivity index (χ3v) is 6.27. The van der Waals surface area contributed by atoms with Crippen molar-refractivity contribution in [1.29, 1.82) is 0 Å². The van der Waals surface area contributed by atoms with Gasteiger partial charge < -0.3 is 11.1 Å². The lowest BCUT2D eigenvalue weighted by Crippen LogP contribution is -2.15. The molecule has 0 bridgehead atoms. The number of sulfonamides is 1. The molecule has 0 aliphatic carbocycles. The minimum absolute atomic E-state index is 0.0709. The zero-order valence-electron chi connectivity index (χ0n) is 18.7. The van der Waals surface area contributed by atoms with E-state index in [-0.39, 0.29) is 34.3 Å². The van der Waals surface area contributed by atoms with Crippen LogP contribution in [0.4, 0.5) is 34.9 Å². The number of aromatic nitrogens is 3. The number of primary amides is 1. The number of halogens is 4. The topological polar surface area (TPSA) is 143 Å². The predicted octanol–water partition coefficient (Wildman–Crippen LogP) is 4.41. The normalized spacial score (nSPS) is 11.8. The number of hydrogen-bond acceptors (Lipinski definition) is 6. The molecule has 0 saturated heterocycles. The minimum atomic E-state index is -4.66. The number of carbonyl (C=O) groups is 1. The van der Waals surface area contributed by atoms with Gasteiger partial charge in [0.2, 0.25) is 10.0 Å². The molecule has 0 unspecified atom stereocenters. The van der Waals surface area contributed by atoms with Crippen LogP contribution in [0.1, 0.15) is 21.6 Å². The van der Waals surface area contributed by atoms with Crippen molar-refractivity contribution >= 4 is 33.3 Å². The number of nitrogens with zero attached hydrogens (tertiary/aromatic N) is 2. The van der Waals surface area contributed by atoms with E-state index < -0.39 is 33.6 Å². The monoisotopic (exact) mass is 534 g/mol. The summed E-state index contributed by atoms with van der Waals surface area (Å²) in [6, 6.07) is 14.1. The summed E-state index contributed by atoms with van der Waals surface area (Å²) in [5, 5.41) is 9.14. The lowest BCUT2D eigenvalue weighted by Gasteiger charge is -2.10. The highest BCUT2D eigenvalue weighted by molar-refractivity contribution is 7.91. The molecule has 1 amide bonds. The molecule has 0 spiro atoms. The van der Waals surface area contributed by atoms with Crippen LogP contribution in [0.5, 0.6) is 0 Å². The Morgan fingerprint density at radius 3 is 2.30 bits per heavy atom. The number of H-pyrrole nitrogens is 1. The molecule has 2 aromatic carbocycles. The Hall–Kier alpha value is -4.46. The van der Waals surface area contributed by atoms with Gasteiger partial charge in [0, 0.05) is 11.3 Å². The van der Waals surface area contributed by atoms with E-state index in [2.05, 4.69) is 25.2 Å². The zero-order chi connectivity index (χ0) is 26.8. The second-order valence-electron chi connectivity index (χ2n) is 7.78. The van der Waals surface area contributed by atoms with Crippen molar-refractivity contribution in [2.75, 3.05) is 10.0 Å². The van der Waals surface area contributed by atoms with Crippen LogP contribution in [0.3, 0.4) is 0 Å². The summed E-state index contributed by atoms with van der Waals surface area (Å²) < 4.78 is 79.2. The van der Waals surface area contributed by atoms with Gasteiger partial charge in [-0.1, -0.05) is 30.3 Å². The molecule has 0 atom stereocenters. The molecule has 37 heavy (non-hydrogen) atoms. The van der Waals surface area contributed by atoms with E-state index in [1.807, 2.05) is 0 Å². The first-order chi connectivity index (χ1) is 17.4. The van der Waals surface area contributed by atoms with E-state index in [0.29, 0.717) is 11.1 Å². The van der Waals surface area contributed by atoms with Gasteiger partial charge in [0.1, 0.15) is 34.4 Å². The fourth-order valence-electron chi connectivity index (χ4n) is 3.38. The van der Waals surface area contributed by atoms with Gasteiger partial charge in [0.25, 0.3) is 5.91 Å². The fourth-order valence-corrected chi connectivity index (χ4v) is 4.58. The number of benzene rings is 2. The number of rotatable bonds is 8. The molecule has 4 aromatic rings. The standard InChI is InChI=1S/C23H18F4N6O3S/c24-15-8-4-13(5-9-15)12-37(35,36)33-16-10-6-14(7-11-16)20-19(21(28)34)22(32-31-20)30-18-3-1-2-17(29-18)23(25,26)27/h1-11,33H,12H2,(H2,28,34)(H2,29,30,31,32). The number of nitrogens with two attached hydrogens (primary N) is 1. The van der Waals surface area contributed by atoms with E-state index in [9.17, 15) is 30.8 Å². The molecule has 2 heterocycles. The van der Waals surface area contributed by atoms with Crippen LogP contribution in [-0.4, -0.2) is 29.5 Å². The van der Waals surface area contributed by atoms with Gasteiger partial charge >= 0.3 is 6.18 Å². The van der Waals surface area contributed by atoms with E-state index in [4.69, 9.17) is 5.73 Å². The highest BCUT2D eigenvalue weighted by Gasteiger charge is 2.32. The Bertz CT molecular complexity index is 1540. The van der Waals surface area contributed by atoms with Crippen molar-refractivity contribution in [1.82, 2.24) is 15.2 Å². The molecule has 4 rings (SSSR count). The third kappa shape index (κ3) is 6.22. The average Bonchev–Trinajstić information content (AvgIpc) is 3.24. The highest BCUT2D eigenvalue weighted by atomic mass is 32.2. The number of nitrogens with one attached hydrogen (secondary N) is 3. The van der Waals surface area contributed by atoms with Crippen molar-refractivity contribution in [3.63, 3.8) is 0 Å². The molecule has 0 aliphatic rings. The Morgan fingerprint density at radius 1 is 1.00 bits per heavy atom. The number of carbonyl (C=O) groups excluding carboxylic acids is 1. The number of aromatic amines is 1. The van der Waals surface area contributed by atoms with Crippen LogP contribution in [-0.2, 0) is 22.0 Å². The van der Waals surface area contributed by atoms with Crippen LogP contribution >= 0.6 is 0 Å². The summed E-state index contributed by atoms with van der Waals surface area (Å²) >= 11 is 0. The lowest BCUT2D eigenvalue weighted by atomic mass is 10.1. The zero-order valence-corrected chi connectivity index (χ0v) is 19.5. The summed E-state index contributed by atoms with van der Waals surface area (Å²) in [5.74, 6) is -2.04. The number of pyridine rings is 1. The molecule has 9 nitrogen and oxygen atoms in total. The molecule has 0 saturated carbocycles. The third-order valence-electron chi connectivity index (χ3n) is 5.01. The van der Waals surface area contributed by atoms with Crippen molar-refractivity contribution in [3.8, 4) is 11.3 Å². The number of hydrogen-bond donors (Lipinski definition) is 4. The predicted molar refractivity (Wildman–Crippen MR) is 128 cm³/mol. The van der Waals surface area contributed by atoms with Gasteiger partial charge in [0.05, 0.1) is 5.75 Å². The van der Waals surface area contributed by atoms with Crippen LogP contribution in [0.2, 0.25) is 0 Å². The Balaban J connectivity index is 1.54. The molecule has 0 fully saturated rings.